The molecular formula is C15H17O. The highest BCUT2D eigenvalue weighted by Crippen LogP contribution is 2.26. The van der Waals surface area contributed by atoms with Crippen LogP contribution in [0.2, 0.25) is 0 Å². The molecule has 1 radical (unpaired) electrons. The zero-order valence-corrected chi connectivity index (χ0v) is 9.50. The van der Waals surface area contributed by atoms with E-state index in [1.807, 2.05) is 12.1 Å². The predicted molar refractivity (Wildman–Crippen MR) is 68.6 cm³/mol. The van der Waals surface area contributed by atoms with Crippen molar-refractivity contribution in [3.63, 3.8) is 0 Å². The van der Waals surface area contributed by atoms with E-state index in [-0.39, 0.29) is 0 Å². The minimum atomic E-state index is 0.313. The van der Waals surface area contributed by atoms with Crippen molar-refractivity contribution in [1.29, 1.82) is 0 Å². The number of benzene rings is 1. The van der Waals surface area contributed by atoms with Crippen molar-refractivity contribution in [3.05, 3.63) is 66.8 Å². The molecule has 0 saturated heterocycles. The first-order valence-electron chi connectivity index (χ1n) is 5.31. The topological polar surface area (TPSA) is 20.2 Å². The van der Waals surface area contributed by atoms with Gasteiger partial charge in [0.2, 0.25) is 0 Å². The van der Waals surface area contributed by atoms with Crippen molar-refractivity contribution in [2.24, 2.45) is 0 Å². The highest BCUT2D eigenvalue weighted by Gasteiger charge is 2.08. The van der Waals surface area contributed by atoms with Crippen LogP contribution in [-0.4, -0.2) is 5.11 Å². The summed E-state index contributed by atoms with van der Waals surface area (Å²) in [5, 5.41) is 9.99. The molecule has 16 heavy (non-hydrogen) atoms. The quantitative estimate of drug-likeness (QED) is 0.718. The Kier molecular flexibility index (Phi) is 4.59. The zero-order valence-electron chi connectivity index (χ0n) is 9.50. The molecule has 0 amide bonds. The number of hydrogen-bond acceptors (Lipinski definition) is 1. The molecule has 83 valence electrons. The predicted octanol–water partition coefficient (Wildman–Crippen LogP) is 3.38. The van der Waals surface area contributed by atoms with E-state index < -0.39 is 0 Å². The lowest BCUT2D eigenvalue weighted by Gasteiger charge is -2.09. The van der Waals surface area contributed by atoms with E-state index in [2.05, 4.69) is 25.8 Å². The normalized spacial score (nSPS) is 9.75. The molecule has 1 aromatic rings. The fourth-order valence-electron chi connectivity index (χ4n) is 1.63. The summed E-state index contributed by atoms with van der Waals surface area (Å²) in [5.74, 6) is 0.313. The number of allylic oxidation sites excluding steroid dienone is 3. The summed E-state index contributed by atoms with van der Waals surface area (Å²) in [6.45, 7) is 11.1. The molecule has 1 heteroatoms. The number of phenolic OH excluding ortho intramolecular Hbond substituents is 1. The van der Waals surface area contributed by atoms with Crippen molar-refractivity contribution in [2.45, 2.75) is 19.3 Å². The number of hydrogen-bond donors (Lipinski definition) is 1. The average molecular weight is 213 g/mol. The monoisotopic (exact) mass is 213 g/mol. The number of rotatable bonds is 6. The summed E-state index contributed by atoms with van der Waals surface area (Å²) in [5.41, 5.74) is 2.73. The van der Waals surface area contributed by atoms with Gasteiger partial charge in [-0.15, -0.1) is 19.7 Å². The molecule has 0 unspecified atom stereocenters. The largest absolute Gasteiger partial charge is 0.507 e. The summed E-state index contributed by atoms with van der Waals surface area (Å²) in [6.07, 6.45) is 7.42. The van der Waals surface area contributed by atoms with E-state index in [0.29, 0.717) is 18.6 Å². The average Bonchev–Trinajstić information content (AvgIpc) is 2.26. The highest BCUT2D eigenvalue weighted by molar-refractivity contribution is 5.45. The molecular weight excluding hydrogens is 196 g/mol. The van der Waals surface area contributed by atoms with Gasteiger partial charge in [0.1, 0.15) is 5.75 Å². The molecule has 1 nitrogen and oxygen atoms in total. The first-order chi connectivity index (χ1) is 7.72. The Morgan fingerprint density at radius 2 is 1.69 bits per heavy atom. The van der Waals surface area contributed by atoms with Crippen LogP contribution < -0.4 is 0 Å². The fraction of sp³-hybridized carbons (Fsp3) is 0.200. The molecule has 0 heterocycles. The molecule has 1 N–H and O–H groups in total. The van der Waals surface area contributed by atoms with Crippen LogP contribution in [0.15, 0.2) is 44.0 Å². The third kappa shape index (κ3) is 2.86. The number of phenols is 1. The van der Waals surface area contributed by atoms with E-state index in [1.165, 1.54) is 0 Å². The van der Waals surface area contributed by atoms with Gasteiger partial charge in [-0.3, -0.25) is 0 Å². The minimum Gasteiger partial charge on any atom is -0.507 e. The van der Waals surface area contributed by atoms with Gasteiger partial charge in [0.05, 0.1) is 0 Å². The summed E-state index contributed by atoms with van der Waals surface area (Å²) >= 11 is 0. The molecule has 0 atom stereocenters. The van der Waals surface area contributed by atoms with E-state index in [0.717, 1.165) is 23.1 Å². The molecule has 1 aromatic carbocycles. The van der Waals surface area contributed by atoms with Crippen LogP contribution in [-0.2, 0) is 19.3 Å². The van der Waals surface area contributed by atoms with Gasteiger partial charge in [-0.25, -0.2) is 0 Å². The molecule has 0 aliphatic rings. The Morgan fingerprint density at radius 1 is 1.06 bits per heavy atom. The van der Waals surface area contributed by atoms with E-state index in [9.17, 15) is 5.11 Å². The smallest absolute Gasteiger partial charge is 0.123 e. The third-order valence-electron chi connectivity index (χ3n) is 2.33. The minimum absolute atomic E-state index is 0.313. The molecule has 0 aliphatic carbocycles. The second-order valence-electron chi connectivity index (χ2n) is 3.63. The lowest BCUT2D eigenvalue weighted by atomic mass is 9.98. The van der Waals surface area contributed by atoms with Crippen molar-refractivity contribution >= 4 is 0 Å². The molecule has 0 bridgehead atoms. The maximum atomic E-state index is 9.99. The molecule has 0 aromatic heterocycles. The second kappa shape index (κ2) is 5.96. The van der Waals surface area contributed by atoms with Gasteiger partial charge >= 0.3 is 0 Å². The Morgan fingerprint density at radius 3 is 2.25 bits per heavy atom. The third-order valence-corrected chi connectivity index (χ3v) is 2.33. The Balaban J connectivity index is 3.19. The summed E-state index contributed by atoms with van der Waals surface area (Å²) in [6, 6.07) is 5.14. The van der Waals surface area contributed by atoms with Gasteiger partial charge in [-0.05, 0) is 36.5 Å². The second-order valence-corrected chi connectivity index (χ2v) is 3.63. The van der Waals surface area contributed by atoms with Crippen LogP contribution in [0.4, 0.5) is 0 Å². The van der Waals surface area contributed by atoms with Gasteiger partial charge in [0.25, 0.3) is 0 Å². The Hall–Kier alpha value is -1.76. The molecule has 1 rings (SSSR count). The first-order valence-corrected chi connectivity index (χ1v) is 5.31. The van der Waals surface area contributed by atoms with Crippen LogP contribution >= 0.6 is 0 Å². The van der Waals surface area contributed by atoms with Crippen molar-refractivity contribution < 1.29 is 5.11 Å². The van der Waals surface area contributed by atoms with Gasteiger partial charge in [-0.1, -0.05) is 24.3 Å². The highest BCUT2D eigenvalue weighted by atomic mass is 16.3. The molecule has 0 saturated carbocycles. The maximum Gasteiger partial charge on any atom is 0.123 e. The lowest BCUT2D eigenvalue weighted by molar-refractivity contribution is 0.463. The first kappa shape index (κ1) is 12.3. The Bertz CT molecular complexity index is 371. The molecule has 0 spiro atoms. The SMILES string of the molecule is C=CCc1[c]c(CC=C)c(O)c(CC=C)c1. The van der Waals surface area contributed by atoms with E-state index in [4.69, 9.17) is 0 Å². The lowest BCUT2D eigenvalue weighted by Crippen LogP contribution is -1.94. The van der Waals surface area contributed by atoms with E-state index in [1.54, 1.807) is 12.2 Å². The van der Waals surface area contributed by atoms with Crippen LogP contribution in [0, 0.1) is 6.07 Å². The fourth-order valence-corrected chi connectivity index (χ4v) is 1.63. The van der Waals surface area contributed by atoms with Gasteiger partial charge in [-0.2, -0.15) is 0 Å². The van der Waals surface area contributed by atoms with Crippen LogP contribution in [0.5, 0.6) is 5.75 Å². The molecule has 0 aliphatic heterocycles. The summed E-state index contributed by atoms with van der Waals surface area (Å²) < 4.78 is 0. The van der Waals surface area contributed by atoms with Crippen LogP contribution in [0.3, 0.4) is 0 Å². The van der Waals surface area contributed by atoms with Crippen molar-refractivity contribution in [1.82, 2.24) is 0 Å². The van der Waals surface area contributed by atoms with Gasteiger partial charge in [0.15, 0.2) is 0 Å². The van der Waals surface area contributed by atoms with Gasteiger partial charge < -0.3 is 5.11 Å². The summed E-state index contributed by atoms with van der Waals surface area (Å²) in [4.78, 5) is 0. The standard InChI is InChI=1S/C15H17O/c1-4-7-12-10-13(8-5-2)15(16)14(11-12)9-6-3/h4-6,10,16H,1-3,7-9H2. The zero-order chi connectivity index (χ0) is 12.0. The number of aromatic hydroxyl groups is 1. The van der Waals surface area contributed by atoms with Gasteiger partial charge in [0, 0.05) is 5.56 Å². The summed E-state index contributed by atoms with van der Waals surface area (Å²) in [7, 11) is 0. The van der Waals surface area contributed by atoms with E-state index >= 15 is 0 Å². The molecule has 0 fully saturated rings. The van der Waals surface area contributed by atoms with Crippen LogP contribution in [0.1, 0.15) is 16.7 Å². The van der Waals surface area contributed by atoms with Crippen LogP contribution in [0.25, 0.3) is 0 Å². The van der Waals surface area contributed by atoms with Crippen molar-refractivity contribution in [2.75, 3.05) is 0 Å². The Labute approximate surface area is 97.4 Å². The maximum absolute atomic E-state index is 9.99. The van der Waals surface area contributed by atoms with Crippen molar-refractivity contribution in [3.8, 4) is 5.75 Å².